The smallest absolute Gasteiger partial charge is 0.428 e. The van der Waals surface area contributed by atoms with Crippen molar-refractivity contribution in [3.63, 3.8) is 0 Å². The number of hydrogen-bond acceptors (Lipinski definition) is 26. The van der Waals surface area contributed by atoms with Crippen molar-refractivity contribution in [3.05, 3.63) is 210 Å². The standard InChI is InChI=1S/C20H23ClO6S.C19H21NO8S.C18H19ClO6S.C16H23ClO6S/c1-5-20(3,4)27-19(22)26-18-11-8-15(12-17(18)21)13-25-28(23,24)16-9-6-14(2)7-10-16;1-13-5-8-15(9-6-13)29(24,25)26-12-14-7-10-17(16(11-14)20(22)23)27-18(21)28-19(2,3)4;1-18(2,3)25-17(20)24-16-10-9-13(11-15(16)19)12-23-26(21,22)14-7-5-4-6-8-14;1-6-16(4,5)23-15(18)22-14-8-7-12(9-13(14)17)10-21-24(19,20)11(2)3/h6-12H,5,13H2,1-4H3;5-11H,12H2,1-4H3;4-11H,12H2,1-3H3;7-9,11H,6,10H2,1-5H3. The Morgan fingerprint density at radius 2 is 0.682 bits per heavy atom. The van der Waals surface area contributed by atoms with Gasteiger partial charge in [-0.15, -0.1) is 0 Å². The minimum absolute atomic E-state index is 0.0255. The number of carbonyl (C=O) groups is 4. The minimum Gasteiger partial charge on any atom is -0.428 e. The highest BCUT2D eigenvalue weighted by atomic mass is 35.5. The van der Waals surface area contributed by atoms with E-state index in [1.54, 1.807) is 130 Å². The van der Waals surface area contributed by atoms with E-state index in [0.717, 1.165) is 17.2 Å². The molecule has 0 aliphatic carbocycles. The second-order valence-corrected chi connectivity index (χ2v) is 34.7. The van der Waals surface area contributed by atoms with Crippen molar-refractivity contribution >= 4 is 106 Å². The van der Waals surface area contributed by atoms with Gasteiger partial charge in [-0.25, -0.2) is 19.2 Å². The molecule has 0 saturated carbocycles. The van der Waals surface area contributed by atoms with Crippen LogP contribution in [0.1, 0.15) is 143 Å². The predicted octanol–water partition coefficient (Wildman–Crippen LogP) is 18.2. The number of carbonyl (C=O) groups excluding carboxylic acids is 4. The lowest BCUT2D eigenvalue weighted by atomic mass is 10.1. The highest BCUT2D eigenvalue weighted by molar-refractivity contribution is 7.87. The molecule has 0 N–H and O–H groups in total. The van der Waals surface area contributed by atoms with E-state index in [9.17, 15) is 63.0 Å². The van der Waals surface area contributed by atoms with Crippen molar-refractivity contribution in [2.24, 2.45) is 0 Å². The molecule has 7 rings (SSSR count). The lowest BCUT2D eigenvalue weighted by Crippen LogP contribution is -2.28. The summed E-state index contributed by atoms with van der Waals surface area (Å²) in [6.07, 6.45) is -2.42. The third-order valence-electron chi connectivity index (χ3n) is 13.9. The van der Waals surface area contributed by atoms with Crippen LogP contribution in [0.15, 0.2) is 166 Å². The van der Waals surface area contributed by atoms with E-state index in [2.05, 4.69) is 0 Å². The van der Waals surface area contributed by atoms with Crippen molar-refractivity contribution < 1.29 is 112 Å². The summed E-state index contributed by atoms with van der Waals surface area (Å²) in [4.78, 5) is 57.7. The molecule has 0 aliphatic rings. The second-order valence-electron chi connectivity index (χ2n) is 26.5. The second kappa shape index (κ2) is 39.6. The van der Waals surface area contributed by atoms with Crippen LogP contribution in [0.25, 0.3) is 0 Å². The zero-order chi connectivity index (χ0) is 80.7. The molecule has 0 atom stereocenters. The molecule has 0 amide bonds. The van der Waals surface area contributed by atoms with E-state index < -0.39 is 110 Å². The highest BCUT2D eigenvalue weighted by Gasteiger charge is 2.28. The number of aryl methyl sites for hydroxylation is 2. The van der Waals surface area contributed by atoms with Crippen LogP contribution in [-0.2, 0) is 103 Å². The first-order chi connectivity index (χ1) is 49.4. The summed E-state index contributed by atoms with van der Waals surface area (Å²) >= 11 is 18.3. The summed E-state index contributed by atoms with van der Waals surface area (Å²) in [5, 5.41) is 11.1. The van der Waals surface area contributed by atoms with Crippen LogP contribution >= 0.6 is 34.8 Å². The Morgan fingerprint density at radius 1 is 0.402 bits per heavy atom. The van der Waals surface area contributed by atoms with E-state index in [1.165, 1.54) is 98.8 Å². The predicted molar refractivity (Wildman–Crippen MR) is 398 cm³/mol. The van der Waals surface area contributed by atoms with Crippen LogP contribution in [0.4, 0.5) is 24.9 Å². The summed E-state index contributed by atoms with van der Waals surface area (Å²) in [6.45, 7) is 26.6. The van der Waals surface area contributed by atoms with Gasteiger partial charge in [-0.05, 0) is 211 Å². The average Bonchev–Trinajstić information content (AvgIpc) is 0.828. The Labute approximate surface area is 639 Å². The van der Waals surface area contributed by atoms with Gasteiger partial charge >= 0.3 is 30.3 Å². The molecule has 0 aliphatic heterocycles. The van der Waals surface area contributed by atoms with E-state index in [-0.39, 0.29) is 78.1 Å². The molecule has 27 nitrogen and oxygen atoms in total. The first-order valence-electron chi connectivity index (χ1n) is 32.4. The van der Waals surface area contributed by atoms with Crippen LogP contribution in [-0.4, -0.2) is 90.9 Å². The van der Waals surface area contributed by atoms with Gasteiger partial charge in [-0.1, -0.05) is 127 Å². The fourth-order valence-electron chi connectivity index (χ4n) is 7.49. The SMILES string of the molecule is CC(C)(C)OC(=O)Oc1ccc(COS(=O)(=O)c2ccccc2)cc1Cl.CCC(C)(C)OC(=O)Oc1ccc(COS(=O)(=O)C(C)C)cc1Cl.CCC(C)(C)OC(=O)Oc1ccc(COS(=O)(=O)c2ccc(C)cc2)cc1Cl.Cc1ccc(S(=O)(=O)OCc2ccc(OC(=O)OC(C)(C)C)c([N+](=O)[O-])c2)cc1. The topological polar surface area (TPSA) is 359 Å². The lowest BCUT2D eigenvalue weighted by molar-refractivity contribution is -0.385. The molecule has 0 spiro atoms. The summed E-state index contributed by atoms with van der Waals surface area (Å²) in [5.74, 6) is 0.0257. The Morgan fingerprint density at radius 3 is 0.972 bits per heavy atom. The average molecular weight is 1630 g/mol. The maximum Gasteiger partial charge on any atom is 0.514 e. The number of nitro groups is 1. The van der Waals surface area contributed by atoms with Crippen molar-refractivity contribution in [2.75, 3.05) is 0 Å². The molecule has 0 radical (unpaired) electrons. The van der Waals surface area contributed by atoms with Gasteiger partial charge in [0.15, 0.2) is 17.2 Å². The molecular formula is C73H86Cl3NO26S4. The van der Waals surface area contributed by atoms with Crippen LogP contribution in [0, 0.1) is 24.0 Å². The van der Waals surface area contributed by atoms with Gasteiger partial charge in [0, 0.05) is 6.07 Å². The summed E-state index contributed by atoms with van der Waals surface area (Å²) < 4.78 is 157. The monoisotopic (exact) mass is 1630 g/mol. The summed E-state index contributed by atoms with van der Waals surface area (Å²) in [7, 11) is -15.4. The number of rotatable bonds is 25. The summed E-state index contributed by atoms with van der Waals surface area (Å²) in [6, 6.07) is 37.3. The van der Waals surface area contributed by atoms with Crippen LogP contribution < -0.4 is 18.9 Å². The van der Waals surface area contributed by atoms with Crippen LogP contribution in [0.5, 0.6) is 23.0 Å². The van der Waals surface area contributed by atoms with Gasteiger partial charge in [-0.3, -0.25) is 26.8 Å². The van der Waals surface area contributed by atoms with Crippen molar-refractivity contribution in [2.45, 2.75) is 192 Å². The molecule has 7 aromatic carbocycles. The molecule has 584 valence electrons. The first-order valence-corrected chi connectivity index (χ1v) is 39.3. The molecule has 0 fully saturated rings. The molecule has 0 aromatic heterocycles. The normalized spacial score (nSPS) is 11.9. The molecule has 7 aromatic rings. The van der Waals surface area contributed by atoms with Gasteiger partial charge in [0.1, 0.15) is 22.4 Å². The van der Waals surface area contributed by atoms with Gasteiger partial charge in [-0.2, -0.15) is 33.7 Å². The number of nitrogens with zero attached hydrogens (tertiary/aromatic N) is 1. The Bertz CT molecular complexity index is 4680. The highest BCUT2D eigenvalue weighted by Crippen LogP contribution is 2.33. The van der Waals surface area contributed by atoms with E-state index >= 15 is 0 Å². The third kappa shape index (κ3) is 32.5. The number of hydrogen-bond donors (Lipinski definition) is 0. The number of ether oxygens (including phenoxy) is 8. The minimum atomic E-state index is -4.03. The molecule has 0 bridgehead atoms. The van der Waals surface area contributed by atoms with Crippen LogP contribution in [0.2, 0.25) is 15.1 Å². The van der Waals surface area contributed by atoms with E-state index in [0.29, 0.717) is 29.5 Å². The molecule has 0 saturated heterocycles. The van der Waals surface area contributed by atoms with Gasteiger partial charge < -0.3 is 37.9 Å². The molecule has 107 heavy (non-hydrogen) atoms. The fourth-order valence-corrected chi connectivity index (χ4v) is 11.5. The van der Waals surface area contributed by atoms with Gasteiger partial charge in [0.2, 0.25) is 5.75 Å². The van der Waals surface area contributed by atoms with Crippen molar-refractivity contribution in [3.8, 4) is 23.0 Å². The molecule has 0 unspecified atom stereocenters. The fraction of sp³-hybridized carbons (Fsp3) is 0.370. The summed E-state index contributed by atoms with van der Waals surface area (Å²) in [5.41, 5.74) is 0.272. The first kappa shape index (κ1) is 90.9. The Kier molecular flexibility index (Phi) is 33.6. The lowest BCUT2D eigenvalue weighted by Gasteiger charge is -2.22. The maximum absolute atomic E-state index is 12.2. The Balaban J connectivity index is 0.000000302. The van der Waals surface area contributed by atoms with Crippen LogP contribution in [0.3, 0.4) is 0 Å². The van der Waals surface area contributed by atoms with E-state index in [1.807, 2.05) is 27.7 Å². The quantitative estimate of drug-likeness (QED) is 0.0128. The third-order valence-corrected chi connectivity index (χ3v) is 20.3. The van der Waals surface area contributed by atoms with Gasteiger partial charge in [0.05, 0.1) is 66.4 Å². The molecule has 34 heteroatoms. The van der Waals surface area contributed by atoms with Crippen molar-refractivity contribution in [1.29, 1.82) is 0 Å². The zero-order valence-corrected chi connectivity index (χ0v) is 67.1. The zero-order valence-electron chi connectivity index (χ0n) is 61.6. The maximum atomic E-state index is 12.2. The largest absolute Gasteiger partial charge is 0.514 e. The number of benzene rings is 7. The molecular weight excluding hydrogens is 1540 g/mol. The Hall–Kier alpha value is -8.47. The van der Waals surface area contributed by atoms with E-state index in [4.69, 9.17) is 89.4 Å². The molecule has 0 heterocycles. The van der Waals surface area contributed by atoms with Gasteiger partial charge in [0.25, 0.3) is 40.5 Å². The number of nitro benzene ring substituents is 1. The van der Waals surface area contributed by atoms with Crippen molar-refractivity contribution in [1.82, 2.24) is 0 Å². The number of halogens is 3.